The van der Waals surface area contributed by atoms with E-state index in [1.165, 1.54) is 14.2 Å². The Kier molecular flexibility index (Phi) is 6.39. The molecule has 1 aliphatic rings. The van der Waals surface area contributed by atoms with E-state index in [1.807, 2.05) is 6.92 Å². The van der Waals surface area contributed by atoms with Gasteiger partial charge in [-0.3, -0.25) is 4.79 Å². The van der Waals surface area contributed by atoms with Crippen LogP contribution in [-0.2, 0) is 16.0 Å². The average Bonchev–Trinajstić information content (AvgIpc) is 2.65. The van der Waals surface area contributed by atoms with Crippen molar-refractivity contribution < 1.29 is 28.9 Å². The molecule has 154 valence electrons. The van der Waals surface area contributed by atoms with Crippen LogP contribution in [-0.4, -0.2) is 49.5 Å². The zero-order chi connectivity index (χ0) is 21.1. The van der Waals surface area contributed by atoms with Crippen LogP contribution < -0.4 is 14.8 Å². The van der Waals surface area contributed by atoms with E-state index in [1.54, 1.807) is 32.1 Å². The van der Waals surface area contributed by atoms with Crippen LogP contribution in [0.3, 0.4) is 0 Å². The number of hydrogen-bond donors (Lipinski definition) is 2. The lowest BCUT2D eigenvalue weighted by atomic mass is 9.54. The molecule has 0 aromatic heterocycles. The molecule has 7 heteroatoms. The minimum absolute atomic E-state index is 0.210. The van der Waals surface area contributed by atoms with Crippen molar-refractivity contribution in [2.24, 2.45) is 5.41 Å². The molecule has 1 saturated carbocycles. The number of ether oxygens (including phenoxy) is 3. The van der Waals surface area contributed by atoms with Gasteiger partial charge in [0, 0.05) is 29.6 Å². The number of methoxy groups -OCH3 is 2. The number of nitrogens with one attached hydrogen (secondary N) is 1. The van der Waals surface area contributed by atoms with Crippen molar-refractivity contribution in [3.63, 3.8) is 0 Å². The highest BCUT2D eigenvalue weighted by Crippen LogP contribution is 2.51. The highest BCUT2D eigenvalue weighted by Gasteiger charge is 2.66. The molecule has 0 aliphatic heterocycles. The number of allylic oxidation sites excluding steroid dienone is 1. The summed E-state index contributed by atoms with van der Waals surface area (Å²) < 4.78 is 16.4. The highest BCUT2D eigenvalue weighted by atomic mass is 16.5. The van der Waals surface area contributed by atoms with Crippen LogP contribution >= 0.6 is 0 Å². The zero-order valence-electron chi connectivity index (χ0n) is 17.1. The maximum absolute atomic E-state index is 13.0. The molecule has 0 spiro atoms. The first-order chi connectivity index (χ1) is 13.2. The SMILES string of the molecule is C=CCc1cc(C(=O)NC2(C(=O)O)CC(OCC)C2(C)C)cc(OC)c1OC. The van der Waals surface area contributed by atoms with Gasteiger partial charge in [-0.2, -0.15) is 0 Å². The summed E-state index contributed by atoms with van der Waals surface area (Å²) in [5.74, 6) is -0.644. The molecule has 0 heterocycles. The Labute approximate surface area is 165 Å². The van der Waals surface area contributed by atoms with Gasteiger partial charge < -0.3 is 24.6 Å². The molecule has 2 atom stereocenters. The first kappa shape index (κ1) is 21.8. The van der Waals surface area contributed by atoms with Crippen LogP contribution in [0.5, 0.6) is 11.5 Å². The van der Waals surface area contributed by atoms with Gasteiger partial charge in [0.2, 0.25) is 0 Å². The molecule has 28 heavy (non-hydrogen) atoms. The Balaban J connectivity index is 2.39. The number of carbonyl (C=O) groups excluding carboxylic acids is 1. The van der Waals surface area contributed by atoms with E-state index < -0.39 is 22.8 Å². The van der Waals surface area contributed by atoms with Gasteiger partial charge in [0.25, 0.3) is 5.91 Å². The molecule has 1 aromatic rings. The van der Waals surface area contributed by atoms with Gasteiger partial charge in [0.15, 0.2) is 11.5 Å². The minimum atomic E-state index is -1.41. The van der Waals surface area contributed by atoms with E-state index in [0.717, 1.165) is 5.56 Å². The summed E-state index contributed by atoms with van der Waals surface area (Å²) in [5.41, 5.74) is -1.14. The molecular weight excluding hydrogens is 362 g/mol. The molecule has 1 amide bonds. The van der Waals surface area contributed by atoms with Gasteiger partial charge in [0.05, 0.1) is 20.3 Å². The molecule has 2 unspecified atom stereocenters. The van der Waals surface area contributed by atoms with Crippen molar-refractivity contribution in [2.45, 2.75) is 45.3 Å². The second kappa shape index (κ2) is 8.22. The van der Waals surface area contributed by atoms with E-state index in [2.05, 4.69) is 11.9 Å². The molecule has 1 fully saturated rings. The van der Waals surface area contributed by atoms with Gasteiger partial charge in [-0.15, -0.1) is 6.58 Å². The number of carbonyl (C=O) groups is 2. The monoisotopic (exact) mass is 391 g/mol. The number of benzene rings is 1. The molecule has 2 N–H and O–H groups in total. The van der Waals surface area contributed by atoms with Gasteiger partial charge in [-0.1, -0.05) is 19.9 Å². The predicted octanol–water partition coefficient (Wildman–Crippen LogP) is 2.82. The summed E-state index contributed by atoms with van der Waals surface area (Å²) in [7, 11) is 3.01. The minimum Gasteiger partial charge on any atom is -0.493 e. The first-order valence-electron chi connectivity index (χ1n) is 9.21. The fourth-order valence-corrected chi connectivity index (χ4v) is 3.78. The highest BCUT2D eigenvalue weighted by molar-refractivity contribution is 5.99. The topological polar surface area (TPSA) is 94.1 Å². The third-order valence-electron chi connectivity index (χ3n) is 5.64. The largest absolute Gasteiger partial charge is 0.493 e. The van der Waals surface area contributed by atoms with Crippen molar-refractivity contribution in [2.75, 3.05) is 20.8 Å². The second-order valence-corrected chi connectivity index (χ2v) is 7.40. The number of hydrogen-bond acceptors (Lipinski definition) is 5. The lowest BCUT2D eigenvalue weighted by Crippen LogP contribution is -2.76. The molecule has 1 aromatic carbocycles. The molecular formula is C21H29NO6. The van der Waals surface area contributed by atoms with Crippen molar-refractivity contribution in [3.8, 4) is 11.5 Å². The van der Waals surface area contributed by atoms with Crippen molar-refractivity contribution >= 4 is 11.9 Å². The molecule has 0 bridgehead atoms. The summed E-state index contributed by atoms with van der Waals surface area (Å²) in [6.45, 7) is 9.66. The van der Waals surface area contributed by atoms with Crippen molar-refractivity contribution in [1.29, 1.82) is 0 Å². The molecule has 0 saturated heterocycles. The predicted molar refractivity (Wildman–Crippen MR) is 105 cm³/mol. The van der Waals surface area contributed by atoms with Crippen LogP contribution in [0, 0.1) is 5.41 Å². The lowest BCUT2D eigenvalue weighted by molar-refractivity contribution is -0.190. The standard InChI is InChI=1S/C21H29NO6/c1-7-9-13-10-14(11-15(26-5)17(13)27-6)18(23)22-21(19(24)25)12-16(28-8-2)20(21,3)4/h7,10-11,16H,1,8-9,12H2,2-6H3,(H,22,23)(H,24,25). The number of carboxylic acid groups (broad SMARTS) is 1. The summed E-state index contributed by atoms with van der Waals surface area (Å²) >= 11 is 0. The van der Waals surface area contributed by atoms with Crippen LogP contribution in [0.25, 0.3) is 0 Å². The summed E-state index contributed by atoms with van der Waals surface area (Å²) in [5, 5.41) is 12.6. The lowest BCUT2D eigenvalue weighted by Gasteiger charge is -2.58. The van der Waals surface area contributed by atoms with Crippen LogP contribution in [0.4, 0.5) is 0 Å². The van der Waals surface area contributed by atoms with Crippen molar-refractivity contribution in [1.82, 2.24) is 5.32 Å². The Bertz CT molecular complexity index is 772. The van der Waals surface area contributed by atoms with Gasteiger partial charge in [0.1, 0.15) is 5.54 Å². The zero-order valence-corrected chi connectivity index (χ0v) is 17.1. The Morgan fingerprint density at radius 1 is 1.32 bits per heavy atom. The third kappa shape index (κ3) is 3.46. The number of aliphatic carboxylic acids is 1. The maximum atomic E-state index is 13.0. The summed E-state index contributed by atoms with van der Waals surface area (Å²) in [6, 6.07) is 3.21. The number of amides is 1. The normalized spacial score (nSPS) is 22.7. The van der Waals surface area contributed by atoms with E-state index in [4.69, 9.17) is 14.2 Å². The Hall–Kier alpha value is -2.54. The van der Waals surface area contributed by atoms with Crippen LogP contribution in [0.2, 0.25) is 0 Å². The van der Waals surface area contributed by atoms with E-state index in [9.17, 15) is 14.7 Å². The van der Waals surface area contributed by atoms with Crippen LogP contribution in [0.15, 0.2) is 24.8 Å². The molecule has 7 nitrogen and oxygen atoms in total. The third-order valence-corrected chi connectivity index (χ3v) is 5.64. The smallest absolute Gasteiger partial charge is 0.330 e. The van der Waals surface area contributed by atoms with Gasteiger partial charge >= 0.3 is 5.97 Å². The average molecular weight is 391 g/mol. The fraction of sp³-hybridized carbons (Fsp3) is 0.524. The summed E-state index contributed by atoms with van der Waals surface area (Å²) in [6.07, 6.45) is 2.14. The second-order valence-electron chi connectivity index (χ2n) is 7.40. The fourth-order valence-electron chi connectivity index (χ4n) is 3.78. The molecule has 2 rings (SSSR count). The number of carboxylic acids is 1. The van der Waals surface area contributed by atoms with Crippen molar-refractivity contribution in [3.05, 3.63) is 35.9 Å². The van der Waals surface area contributed by atoms with E-state index in [-0.39, 0.29) is 12.5 Å². The van der Waals surface area contributed by atoms with E-state index in [0.29, 0.717) is 30.1 Å². The number of rotatable bonds is 9. The Morgan fingerprint density at radius 2 is 2.00 bits per heavy atom. The first-order valence-corrected chi connectivity index (χ1v) is 9.21. The molecule has 1 aliphatic carbocycles. The molecule has 0 radical (unpaired) electrons. The Morgan fingerprint density at radius 3 is 2.46 bits per heavy atom. The summed E-state index contributed by atoms with van der Waals surface area (Å²) in [4.78, 5) is 25.1. The maximum Gasteiger partial charge on any atom is 0.330 e. The van der Waals surface area contributed by atoms with Gasteiger partial charge in [-0.25, -0.2) is 4.79 Å². The quantitative estimate of drug-likeness (QED) is 0.629. The van der Waals surface area contributed by atoms with E-state index >= 15 is 0 Å². The van der Waals surface area contributed by atoms with Crippen LogP contribution in [0.1, 0.15) is 43.1 Å². The van der Waals surface area contributed by atoms with Gasteiger partial charge in [-0.05, 0) is 25.5 Å².